The van der Waals surface area contributed by atoms with Crippen molar-refractivity contribution >= 4 is 17.7 Å². The lowest BCUT2D eigenvalue weighted by Crippen LogP contribution is -2.61. The van der Waals surface area contributed by atoms with Gasteiger partial charge in [0.15, 0.2) is 0 Å². The van der Waals surface area contributed by atoms with Crippen molar-refractivity contribution < 1.29 is 14.6 Å². The average Bonchev–Trinajstić information content (AvgIpc) is 2.38. The first-order valence-electron chi connectivity index (χ1n) is 7.91. The van der Waals surface area contributed by atoms with E-state index in [9.17, 15) is 9.90 Å². The normalized spacial score (nSPS) is 26.8. The molecule has 2 rings (SSSR count). The predicted molar refractivity (Wildman–Crippen MR) is 86.9 cm³/mol. The van der Waals surface area contributed by atoms with Crippen molar-refractivity contribution in [2.45, 2.75) is 70.6 Å². The topological polar surface area (TPSA) is 58.6 Å². The number of ether oxygens (including phenoxy) is 1. The molecule has 1 atom stereocenters. The molecule has 5 heteroatoms. The third-order valence-corrected chi connectivity index (χ3v) is 6.54. The average molecular weight is 315 g/mol. The summed E-state index contributed by atoms with van der Waals surface area (Å²) in [7, 11) is 0. The second-order valence-corrected chi connectivity index (χ2v) is 8.76. The second-order valence-electron chi connectivity index (χ2n) is 7.53. The molecule has 0 radical (unpaired) electrons. The zero-order chi connectivity index (χ0) is 15.7. The van der Waals surface area contributed by atoms with Crippen molar-refractivity contribution in [2.75, 3.05) is 18.1 Å². The predicted octanol–water partition coefficient (Wildman–Crippen LogP) is 2.91. The zero-order valence-corrected chi connectivity index (χ0v) is 14.5. The van der Waals surface area contributed by atoms with E-state index in [0.29, 0.717) is 6.04 Å². The van der Waals surface area contributed by atoms with Crippen LogP contribution in [0.1, 0.15) is 53.4 Å². The van der Waals surface area contributed by atoms with Crippen molar-refractivity contribution in [3.8, 4) is 0 Å². The van der Waals surface area contributed by atoms with Crippen molar-refractivity contribution in [3.05, 3.63) is 0 Å². The Labute approximate surface area is 132 Å². The Balaban J connectivity index is 2.03. The molecule has 2 heterocycles. The Bertz CT molecular complexity index is 383. The number of nitrogens with one attached hydrogen (secondary N) is 1. The summed E-state index contributed by atoms with van der Waals surface area (Å²) in [6, 6.07) is 0.343. The lowest BCUT2D eigenvalue weighted by Gasteiger charge is -2.48. The molecule has 0 aromatic heterocycles. The number of carboxylic acids is 1. The van der Waals surface area contributed by atoms with Crippen molar-refractivity contribution in [3.63, 3.8) is 0 Å². The minimum absolute atomic E-state index is 0.0324. The van der Waals surface area contributed by atoms with Gasteiger partial charge >= 0.3 is 5.97 Å². The Hall–Kier alpha value is -0.260. The van der Waals surface area contributed by atoms with Crippen LogP contribution in [0.5, 0.6) is 0 Å². The molecule has 21 heavy (non-hydrogen) atoms. The van der Waals surface area contributed by atoms with E-state index in [0.717, 1.165) is 32.3 Å². The molecule has 0 aromatic rings. The Morgan fingerprint density at radius 3 is 2.48 bits per heavy atom. The number of rotatable bonds is 4. The van der Waals surface area contributed by atoms with Gasteiger partial charge in [-0.1, -0.05) is 0 Å². The van der Waals surface area contributed by atoms with E-state index in [1.807, 2.05) is 25.6 Å². The fourth-order valence-corrected chi connectivity index (χ4v) is 4.44. The van der Waals surface area contributed by atoms with Crippen LogP contribution < -0.4 is 5.32 Å². The zero-order valence-electron chi connectivity index (χ0n) is 13.7. The van der Waals surface area contributed by atoms with E-state index in [4.69, 9.17) is 4.74 Å². The smallest absolute Gasteiger partial charge is 0.310 e. The summed E-state index contributed by atoms with van der Waals surface area (Å²) in [4.78, 5) is 11.5. The first kappa shape index (κ1) is 17.1. The molecule has 0 bridgehead atoms. The SMILES string of the molecule is CC(C)(NC1CCOC2(CCSCC2)C1)C(C)(C)C(=O)O. The maximum Gasteiger partial charge on any atom is 0.310 e. The van der Waals surface area contributed by atoms with E-state index in [1.54, 1.807) is 13.8 Å². The van der Waals surface area contributed by atoms with Crippen LogP contribution in [0.25, 0.3) is 0 Å². The molecule has 0 aromatic carbocycles. The van der Waals surface area contributed by atoms with Gasteiger partial charge in [-0.2, -0.15) is 11.8 Å². The molecule has 2 saturated heterocycles. The van der Waals surface area contributed by atoms with Gasteiger partial charge in [-0.05, 0) is 64.9 Å². The number of carbonyl (C=O) groups is 1. The quantitative estimate of drug-likeness (QED) is 0.835. The largest absolute Gasteiger partial charge is 0.481 e. The van der Waals surface area contributed by atoms with E-state index >= 15 is 0 Å². The Morgan fingerprint density at radius 1 is 1.29 bits per heavy atom. The molecule has 1 spiro atoms. The minimum atomic E-state index is -0.805. The van der Waals surface area contributed by atoms with Gasteiger partial charge in [0.1, 0.15) is 0 Å². The summed E-state index contributed by atoms with van der Waals surface area (Å²) in [5.41, 5.74) is -1.23. The maximum absolute atomic E-state index is 11.5. The molecule has 2 aliphatic heterocycles. The lowest BCUT2D eigenvalue weighted by atomic mass is 9.73. The lowest BCUT2D eigenvalue weighted by molar-refractivity contribution is -0.152. The summed E-state index contributed by atoms with van der Waals surface area (Å²) in [6.07, 6.45) is 4.22. The highest BCUT2D eigenvalue weighted by molar-refractivity contribution is 7.99. The van der Waals surface area contributed by atoms with Crippen molar-refractivity contribution in [1.29, 1.82) is 0 Å². The van der Waals surface area contributed by atoms with Crippen LogP contribution >= 0.6 is 11.8 Å². The number of hydrogen-bond acceptors (Lipinski definition) is 4. The Morgan fingerprint density at radius 2 is 1.90 bits per heavy atom. The highest BCUT2D eigenvalue weighted by Crippen LogP contribution is 2.39. The molecule has 0 aliphatic carbocycles. The molecule has 0 amide bonds. The van der Waals surface area contributed by atoms with Gasteiger partial charge < -0.3 is 15.2 Å². The van der Waals surface area contributed by atoms with Crippen LogP contribution in [-0.4, -0.2) is 46.4 Å². The van der Waals surface area contributed by atoms with Gasteiger partial charge in [0.2, 0.25) is 0 Å². The highest BCUT2D eigenvalue weighted by atomic mass is 32.2. The summed E-state index contributed by atoms with van der Waals surface area (Å²) in [5.74, 6) is 1.60. The fraction of sp³-hybridized carbons (Fsp3) is 0.938. The first-order chi connectivity index (χ1) is 9.69. The van der Waals surface area contributed by atoms with E-state index in [1.165, 1.54) is 11.5 Å². The van der Waals surface area contributed by atoms with E-state index in [-0.39, 0.29) is 5.60 Å². The van der Waals surface area contributed by atoms with Gasteiger partial charge in [-0.3, -0.25) is 4.79 Å². The second kappa shape index (κ2) is 6.09. The molecular weight excluding hydrogens is 286 g/mol. The van der Waals surface area contributed by atoms with Crippen molar-refractivity contribution in [1.82, 2.24) is 5.32 Å². The summed E-state index contributed by atoms with van der Waals surface area (Å²) in [5, 5.41) is 13.1. The number of carboxylic acid groups (broad SMARTS) is 1. The third kappa shape index (κ3) is 3.57. The van der Waals surface area contributed by atoms with Gasteiger partial charge in [-0.15, -0.1) is 0 Å². The number of thioether (sulfide) groups is 1. The van der Waals surface area contributed by atoms with Crippen LogP contribution in [0.4, 0.5) is 0 Å². The summed E-state index contributed by atoms with van der Waals surface area (Å²) < 4.78 is 6.11. The van der Waals surface area contributed by atoms with Gasteiger partial charge in [-0.25, -0.2) is 0 Å². The highest BCUT2D eigenvalue weighted by Gasteiger charge is 2.46. The number of hydrogen-bond donors (Lipinski definition) is 2. The van der Waals surface area contributed by atoms with Crippen LogP contribution in [0, 0.1) is 5.41 Å². The standard InChI is InChI=1S/C16H29NO3S/c1-14(2,13(18)19)15(3,4)17-12-5-8-20-16(11-12)6-9-21-10-7-16/h12,17H,5-11H2,1-4H3,(H,18,19). The summed E-state index contributed by atoms with van der Waals surface area (Å²) >= 11 is 2.01. The Kier molecular flexibility index (Phi) is 4.96. The van der Waals surface area contributed by atoms with Crippen LogP contribution in [0.2, 0.25) is 0 Å². The summed E-state index contributed by atoms with van der Waals surface area (Å²) in [6.45, 7) is 8.38. The molecule has 2 N–H and O–H groups in total. The monoisotopic (exact) mass is 315 g/mol. The van der Waals surface area contributed by atoms with Gasteiger partial charge in [0, 0.05) is 18.2 Å². The van der Waals surface area contributed by atoms with Gasteiger partial charge in [0.25, 0.3) is 0 Å². The van der Waals surface area contributed by atoms with Crippen molar-refractivity contribution in [2.24, 2.45) is 5.41 Å². The molecule has 4 nitrogen and oxygen atoms in total. The molecular formula is C16H29NO3S. The van der Waals surface area contributed by atoms with Crippen LogP contribution in [0.3, 0.4) is 0 Å². The van der Waals surface area contributed by atoms with Gasteiger partial charge in [0.05, 0.1) is 11.0 Å². The van der Waals surface area contributed by atoms with Crippen LogP contribution in [0.15, 0.2) is 0 Å². The van der Waals surface area contributed by atoms with Crippen LogP contribution in [-0.2, 0) is 9.53 Å². The maximum atomic E-state index is 11.5. The molecule has 0 saturated carbocycles. The molecule has 2 fully saturated rings. The molecule has 2 aliphatic rings. The van der Waals surface area contributed by atoms with E-state index < -0.39 is 16.9 Å². The first-order valence-corrected chi connectivity index (χ1v) is 9.07. The molecule has 122 valence electrons. The third-order valence-electron chi connectivity index (χ3n) is 5.56. The fourth-order valence-electron chi connectivity index (χ4n) is 3.20. The minimum Gasteiger partial charge on any atom is -0.481 e. The molecule has 1 unspecified atom stereocenters. The number of aliphatic carboxylic acids is 1. The van der Waals surface area contributed by atoms with E-state index in [2.05, 4.69) is 5.32 Å².